The molecule has 6 nitrogen and oxygen atoms in total. The molecule has 1 amide bonds. The maximum atomic E-state index is 12.4. The van der Waals surface area contributed by atoms with Crippen molar-refractivity contribution in [3.05, 3.63) is 22.7 Å². The minimum Gasteiger partial charge on any atom is -0.486 e. The molecule has 0 radical (unpaired) electrons. The van der Waals surface area contributed by atoms with Gasteiger partial charge in [-0.15, -0.1) is 0 Å². The minimum atomic E-state index is -1.22. The molecule has 1 atom stereocenters. The molecule has 2 heterocycles. The van der Waals surface area contributed by atoms with Crippen LogP contribution in [0.15, 0.2) is 12.1 Å². The second-order valence-electron chi connectivity index (χ2n) is 5.13. The fourth-order valence-electron chi connectivity index (χ4n) is 2.42. The number of benzene rings is 1. The van der Waals surface area contributed by atoms with Crippen LogP contribution in [0.1, 0.15) is 16.8 Å². The first-order valence-corrected chi connectivity index (χ1v) is 8.28. The van der Waals surface area contributed by atoms with Crippen molar-refractivity contribution in [2.45, 2.75) is 12.0 Å². The van der Waals surface area contributed by atoms with Gasteiger partial charge in [-0.3, -0.25) is 4.79 Å². The summed E-state index contributed by atoms with van der Waals surface area (Å²) < 4.78 is 10.8. The van der Waals surface area contributed by atoms with Crippen molar-refractivity contribution >= 4 is 35.2 Å². The van der Waals surface area contributed by atoms with E-state index in [-0.39, 0.29) is 10.6 Å². The van der Waals surface area contributed by atoms with E-state index in [4.69, 9.17) is 21.1 Å². The van der Waals surface area contributed by atoms with Crippen molar-refractivity contribution in [2.75, 3.05) is 24.7 Å². The number of rotatable bonds is 3. The lowest BCUT2D eigenvalue weighted by atomic mass is 9.98. The zero-order valence-corrected chi connectivity index (χ0v) is 13.1. The monoisotopic (exact) mass is 343 g/mol. The van der Waals surface area contributed by atoms with E-state index in [0.29, 0.717) is 42.6 Å². The van der Waals surface area contributed by atoms with E-state index in [1.54, 1.807) is 0 Å². The molecule has 0 spiro atoms. The third kappa shape index (κ3) is 2.70. The summed E-state index contributed by atoms with van der Waals surface area (Å²) >= 11 is 7.61. The summed E-state index contributed by atoms with van der Waals surface area (Å²) in [5, 5.41) is 12.3. The molecule has 1 fully saturated rings. The van der Waals surface area contributed by atoms with E-state index in [0.717, 1.165) is 0 Å². The Morgan fingerprint density at radius 3 is 2.77 bits per heavy atom. The van der Waals surface area contributed by atoms with Gasteiger partial charge in [0, 0.05) is 11.3 Å². The Kier molecular flexibility index (Phi) is 4.10. The molecule has 1 saturated heterocycles. The highest BCUT2D eigenvalue weighted by Crippen LogP contribution is 2.38. The second-order valence-corrected chi connectivity index (χ2v) is 6.64. The van der Waals surface area contributed by atoms with Crippen LogP contribution in [0.25, 0.3) is 0 Å². The zero-order chi connectivity index (χ0) is 15.7. The molecular weight excluding hydrogens is 330 g/mol. The highest BCUT2D eigenvalue weighted by molar-refractivity contribution is 7.99. The number of amides is 1. The SMILES string of the molecule is O=C(N[C@@]1(C(=O)O)CCSC1)c1cc(Cl)c2c(c1)OCCO2. The average molecular weight is 344 g/mol. The summed E-state index contributed by atoms with van der Waals surface area (Å²) in [6.45, 7) is 0.779. The van der Waals surface area contributed by atoms with Crippen molar-refractivity contribution in [3.8, 4) is 11.5 Å². The molecule has 118 valence electrons. The van der Waals surface area contributed by atoms with E-state index >= 15 is 0 Å². The van der Waals surface area contributed by atoms with Gasteiger partial charge in [0.25, 0.3) is 5.91 Å². The fourth-order valence-corrected chi connectivity index (χ4v) is 4.01. The summed E-state index contributed by atoms with van der Waals surface area (Å²) in [6.07, 6.45) is 0.400. The van der Waals surface area contributed by atoms with Crippen LogP contribution in [0.4, 0.5) is 0 Å². The Morgan fingerprint density at radius 1 is 1.32 bits per heavy atom. The van der Waals surface area contributed by atoms with E-state index < -0.39 is 17.4 Å². The predicted molar refractivity (Wildman–Crippen MR) is 82.2 cm³/mol. The maximum Gasteiger partial charge on any atom is 0.330 e. The highest BCUT2D eigenvalue weighted by Gasteiger charge is 2.43. The maximum absolute atomic E-state index is 12.4. The number of carboxylic acid groups (broad SMARTS) is 1. The van der Waals surface area contributed by atoms with E-state index in [2.05, 4.69) is 5.32 Å². The summed E-state index contributed by atoms with van der Waals surface area (Å²) in [5.41, 5.74) is -0.964. The van der Waals surface area contributed by atoms with Crippen LogP contribution in [0.5, 0.6) is 11.5 Å². The van der Waals surface area contributed by atoms with Gasteiger partial charge >= 0.3 is 5.97 Å². The van der Waals surface area contributed by atoms with Crippen LogP contribution in [-0.4, -0.2) is 47.2 Å². The summed E-state index contributed by atoms with van der Waals surface area (Å²) in [6, 6.07) is 2.98. The van der Waals surface area contributed by atoms with E-state index in [9.17, 15) is 14.7 Å². The molecule has 3 rings (SSSR count). The number of halogens is 1. The topological polar surface area (TPSA) is 84.9 Å². The molecule has 0 aromatic heterocycles. The number of hydrogen-bond acceptors (Lipinski definition) is 5. The van der Waals surface area contributed by atoms with Crippen molar-refractivity contribution in [1.82, 2.24) is 5.32 Å². The third-order valence-electron chi connectivity index (χ3n) is 3.64. The molecule has 2 aliphatic heterocycles. The van der Waals surface area contributed by atoms with Crippen LogP contribution in [0.3, 0.4) is 0 Å². The summed E-state index contributed by atoms with van der Waals surface area (Å²) in [4.78, 5) is 23.9. The highest BCUT2D eigenvalue weighted by atomic mass is 35.5. The Labute approximate surface area is 136 Å². The Hall–Kier alpha value is -1.60. The van der Waals surface area contributed by atoms with Gasteiger partial charge in [0.05, 0.1) is 5.02 Å². The van der Waals surface area contributed by atoms with E-state index in [1.165, 1.54) is 23.9 Å². The Morgan fingerprint density at radius 2 is 2.09 bits per heavy atom. The molecule has 1 aromatic rings. The van der Waals surface area contributed by atoms with Gasteiger partial charge in [-0.05, 0) is 24.3 Å². The molecule has 0 bridgehead atoms. The lowest BCUT2D eigenvalue weighted by molar-refractivity contribution is -0.143. The first-order chi connectivity index (χ1) is 10.5. The molecule has 2 N–H and O–H groups in total. The number of aliphatic carboxylic acids is 1. The minimum absolute atomic E-state index is 0.256. The quantitative estimate of drug-likeness (QED) is 0.870. The van der Waals surface area contributed by atoms with Crippen LogP contribution in [0.2, 0.25) is 5.02 Å². The Balaban J connectivity index is 1.86. The van der Waals surface area contributed by atoms with Gasteiger partial charge in [0.1, 0.15) is 18.8 Å². The number of carbonyl (C=O) groups excluding carboxylic acids is 1. The second kappa shape index (κ2) is 5.89. The molecule has 8 heteroatoms. The molecule has 0 saturated carbocycles. The van der Waals surface area contributed by atoms with Gasteiger partial charge in [0.2, 0.25) is 0 Å². The van der Waals surface area contributed by atoms with Crippen LogP contribution in [-0.2, 0) is 4.79 Å². The number of thioether (sulfide) groups is 1. The number of ether oxygens (including phenoxy) is 2. The van der Waals surface area contributed by atoms with Crippen LogP contribution < -0.4 is 14.8 Å². The predicted octanol–water partition coefficient (Wildman–Crippen LogP) is 1.80. The van der Waals surface area contributed by atoms with Crippen LogP contribution in [0, 0.1) is 0 Å². The average Bonchev–Trinajstić information content (AvgIpc) is 2.97. The molecule has 22 heavy (non-hydrogen) atoms. The third-order valence-corrected chi connectivity index (χ3v) is 5.11. The normalized spacial score (nSPS) is 23.1. The number of carboxylic acids is 1. The molecule has 2 aliphatic rings. The first kappa shape index (κ1) is 15.3. The molecular formula is C14H14ClNO5S. The zero-order valence-electron chi connectivity index (χ0n) is 11.6. The Bertz CT molecular complexity index is 630. The number of fused-ring (bicyclic) bond motifs is 1. The first-order valence-electron chi connectivity index (χ1n) is 6.75. The smallest absolute Gasteiger partial charge is 0.330 e. The van der Waals surface area contributed by atoms with Crippen molar-refractivity contribution in [3.63, 3.8) is 0 Å². The fraction of sp³-hybridized carbons (Fsp3) is 0.429. The lowest BCUT2D eigenvalue weighted by Crippen LogP contribution is -2.54. The largest absolute Gasteiger partial charge is 0.486 e. The van der Waals surface area contributed by atoms with Crippen LogP contribution >= 0.6 is 23.4 Å². The number of nitrogens with one attached hydrogen (secondary N) is 1. The molecule has 0 unspecified atom stereocenters. The van der Waals surface area contributed by atoms with Crippen molar-refractivity contribution in [2.24, 2.45) is 0 Å². The number of carbonyl (C=O) groups is 2. The van der Waals surface area contributed by atoms with Gasteiger partial charge in [-0.1, -0.05) is 11.6 Å². The van der Waals surface area contributed by atoms with Crippen molar-refractivity contribution in [1.29, 1.82) is 0 Å². The summed E-state index contributed by atoms with van der Waals surface area (Å²) in [7, 11) is 0. The standard InChI is InChI=1S/C14H14ClNO5S/c15-9-5-8(6-10-11(9)21-3-2-20-10)12(17)16-14(13(18)19)1-4-22-7-14/h5-6H,1-4,7H2,(H,16,17)(H,18,19)/t14-/m0/s1. The lowest BCUT2D eigenvalue weighted by Gasteiger charge is -2.25. The number of hydrogen-bond donors (Lipinski definition) is 2. The summed E-state index contributed by atoms with van der Waals surface area (Å²) in [5.74, 6) is 0.363. The molecule has 0 aliphatic carbocycles. The van der Waals surface area contributed by atoms with Gasteiger partial charge in [-0.25, -0.2) is 4.79 Å². The van der Waals surface area contributed by atoms with Gasteiger partial charge < -0.3 is 19.9 Å². The van der Waals surface area contributed by atoms with E-state index in [1.807, 2.05) is 0 Å². The van der Waals surface area contributed by atoms with Gasteiger partial charge in [0.15, 0.2) is 11.5 Å². The van der Waals surface area contributed by atoms with Crippen molar-refractivity contribution < 1.29 is 24.2 Å². The molecule has 1 aromatic carbocycles. The van der Waals surface area contributed by atoms with Gasteiger partial charge in [-0.2, -0.15) is 11.8 Å².